The zero-order valence-electron chi connectivity index (χ0n) is 11.9. The van der Waals surface area contributed by atoms with E-state index in [0.29, 0.717) is 46.2 Å². The van der Waals surface area contributed by atoms with Crippen molar-refractivity contribution in [1.29, 1.82) is 0 Å². The molecule has 0 amide bonds. The van der Waals surface area contributed by atoms with E-state index in [9.17, 15) is 5.11 Å². The van der Waals surface area contributed by atoms with Crippen LogP contribution in [-0.4, -0.2) is 72.1 Å². The van der Waals surface area contributed by atoms with Gasteiger partial charge in [0.25, 0.3) is 0 Å². The van der Waals surface area contributed by atoms with Gasteiger partial charge in [-0.3, -0.25) is 0 Å². The van der Waals surface area contributed by atoms with Gasteiger partial charge in [-0.05, 0) is 45.7 Å². The second kappa shape index (κ2) is 11.3. The molecule has 122 valence electrons. The molecule has 0 saturated heterocycles. The van der Waals surface area contributed by atoms with Crippen LogP contribution in [0.3, 0.4) is 0 Å². The van der Waals surface area contributed by atoms with Crippen LogP contribution in [-0.2, 0) is 18.9 Å². The fraction of sp³-hybridized carbons (Fsp3) is 1.00. The highest BCUT2D eigenvalue weighted by atomic mass is 79.9. The van der Waals surface area contributed by atoms with Crippen LogP contribution in [0.4, 0.5) is 0 Å². The number of hydrogen-bond acceptors (Lipinski definition) is 6. The summed E-state index contributed by atoms with van der Waals surface area (Å²) >= 11 is 6.52. The lowest BCUT2D eigenvalue weighted by Crippen LogP contribution is -2.42. The van der Waals surface area contributed by atoms with Crippen molar-refractivity contribution < 1.29 is 29.2 Å². The molecule has 0 aromatic rings. The Kier molecular flexibility index (Phi) is 11.7. The standard InChI is InChI=1S/C12H24Br2O6/c1-11(2,16)12(13,14)20-10-9-19-8-7-18-6-5-17-4-3-15/h15-16H,3-10H2,1-2H3. The molecule has 0 unspecified atom stereocenters. The molecule has 0 aliphatic rings. The second-order valence-electron chi connectivity index (χ2n) is 4.48. The van der Waals surface area contributed by atoms with Crippen LogP contribution >= 0.6 is 31.9 Å². The van der Waals surface area contributed by atoms with Crippen LogP contribution in [0.15, 0.2) is 0 Å². The summed E-state index contributed by atoms with van der Waals surface area (Å²) in [6.07, 6.45) is 0. The molecule has 0 saturated carbocycles. The van der Waals surface area contributed by atoms with Crippen molar-refractivity contribution >= 4 is 31.9 Å². The molecule has 6 nitrogen and oxygen atoms in total. The van der Waals surface area contributed by atoms with E-state index in [2.05, 4.69) is 31.9 Å². The van der Waals surface area contributed by atoms with Gasteiger partial charge in [-0.2, -0.15) is 0 Å². The van der Waals surface area contributed by atoms with Crippen molar-refractivity contribution in [3.8, 4) is 0 Å². The van der Waals surface area contributed by atoms with Crippen molar-refractivity contribution in [1.82, 2.24) is 0 Å². The molecule has 0 bridgehead atoms. The first kappa shape index (κ1) is 20.7. The fourth-order valence-corrected chi connectivity index (χ4v) is 1.34. The van der Waals surface area contributed by atoms with E-state index >= 15 is 0 Å². The van der Waals surface area contributed by atoms with Gasteiger partial charge >= 0.3 is 0 Å². The summed E-state index contributed by atoms with van der Waals surface area (Å²) in [5.41, 5.74) is -1.06. The van der Waals surface area contributed by atoms with Crippen molar-refractivity contribution in [3.63, 3.8) is 0 Å². The molecule has 0 spiro atoms. The Labute approximate surface area is 137 Å². The minimum absolute atomic E-state index is 0.0242. The summed E-state index contributed by atoms with van der Waals surface area (Å²) in [7, 11) is 0. The van der Waals surface area contributed by atoms with Gasteiger partial charge in [-0.15, -0.1) is 0 Å². The maximum absolute atomic E-state index is 9.80. The lowest BCUT2D eigenvalue weighted by Gasteiger charge is -2.32. The molecule has 0 aromatic heterocycles. The molecule has 0 aliphatic heterocycles. The maximum Gasteiger partial charge on any atom is 0.206 e. The van der Waals surface area contributed by atoms with Crippen LogP contribution < -0.4 is 0 Å². The minimum Gasteiger partial charge on any atom is -0.394 e. The highest BCUT2D eigenvalue weighted by molar-refractivity contribution is 9.25. The van der Waals surface area contributed by atoms with Crippen LogP contribution in [0, 0.1) is 0 Å². The Hall–Kier alpha value is 0.720. The summed E-state index contributed by atoms with van der Waals surface area (Å²) in [5.74, 6) is 0. The summed E-state index contributed by atoms with van der Waals surface area (Å²) < 4.78 is 20.0. The van der Waals surface area contributed by atoms with Gasteiger partial charge < -0.3 is 29.2 Å². The molecule has 0 radical (unpaired) electrons. The normalized spacial score (nSPS) is 12.9. The van der Waals surface area contributed by atoms with Crippen LogP contribution in [0.5, 0.6) is 0 Å². The molecular weight excluding hydrogens is 400 g/mol. The first-order valence-corrected chi connectivity index (χ1v) is 7.98. The number of rotatable bonds is 13. The number of aliphatic hydroxyl groups is 2. The predicted molar refractivity (Wildman–Crippen MR) is 82.4 cm³/mol. The molecule has 0 aromatic carbocycles. The molecular formula is C12H24Br2O6. The predicted octanol–water partition coefficient (Wildman–Crippen LogP) is 1.26. The molecule has 20 heavy (non-hydrogen) atoms. The van der Waals surface area contributed by atoms with Gasteiger partial charge in [-0.25, -0.2) is 0 Å². The number of aliphatic hydroxyl groups excluding tert-OH is 1. The third kappa shape index (κ3) is 10.4. The number of alkyl halides is 2. The topological polar surface area (TPSA) is 77.4 Å². The Balaban J connectivity index is 3.33. The highest BCUT2D eigenvalue weighted by Crippen LogP contribution is 2.38. The van der Waals surface area contributed by atoms with Crippen LogP contribution in [0.25, 0.3) is 0 Å². The first-order chi connectivity index (χ1) is 9.31. The number of halogens is 2. The largest absolute Gasteiger partial charge is 0.394 e. The van der Waals surface area contributed by atoms with Gasteiger partial charge in [0.15, 0.2) is 0 Å². The van der Waals surface area contributed by atoms with Crippen molar-refractivity contribution in [2.45, 2.75) is 22.9 Å². The van der Waals surface area contributed by atoms with Crippen LogP contribution in [0.2, 0.25) is 0 Å². The lowest BCUT2D eigenvalue weighted by molar-refractivity contribution is -0.0703. The highest BCUT2D eigenvalue weighted by Gasteiger charge is 2.40. The maximum atomic E-state index is 9.80. The zero-order chi connectivity index (χ0) is 15.5. The van der Waals surface area contributed by atoms with Gasteiger partial charge in [0.05, 0.1) is 52.9 Å². The van der Waals surface area contributed by atoms with Crippen LogP contribution in [0.1, 0.15) is 13.8 Å². The Morgan fingerprint density at radius 1 is 0.800 bits per heavy atom. The van der Waals surface area contributed by atoms with E-state index in [-0.39, 0.29) is 6.61 Å². The Morgan fingerprint density at radius 3 is 1.60 bits per heavy atom. The lowest BCUT2D eigenvalue weighted by atomic mass is 10.2. The summed E-state index contributed by atoms with van der Waals surface area (Å²) in [6.45, 7) is 6.23. The summed E-state index contributed by atoms with van der Waals surface area (Å²) in [4.78, 5) is 0. The quantitative estimate of drug-likeness (QED) is 0.343. The van der Waals surface area contributed by atoms with Crippen molar-refractivity contribution in [2.75, 3.05) is 52.9 Å². The molecule has 0 aliphatic carbocycles. The molecule has 0 atom stereocenters. The van der Waals surface area contributed by atoms with E-state index in [1.54, 1.807) is 13.8 Å². The van der Waals surface area contributed by atoms with E-state index in [1.165, 1.54) is 0 Å². The second-order valence-corrected chi connectivity index (χ2v) is 7.78. The first-order valence-electron chi connectivity index (χ1n) is 6.39. The SMILES string of the molecule is CC(C)(O)C(Br)(Br)OCCOCCOCCOCCO. The average molecular weight is 424 g/mol. The number of hydrogen-bond donors (Lipinski definition) is 2. The van der Waals surface area contributed by atoms with Gasteiger partial charge in [0, 0.05) is 0 Å². The Bertz CT molecular complexity index is 232. The fourth-order valence-electron chi connectivity index (χ4n) is 1.01. The van der Waals surface area contributed by atoms with E-state index in [0.717, 1.165) is 0 Å². The summed E-state index contributed by atoms with van der Waals surface area (Å²) in [5, 5.41) is 18.3. The van der Waals surface area contributed by atoms with Crippen molar-refractivity contribution in [3.05, 3.63) is 0 Å². The van der Waals surface area contributed by atoms with Crippen molar-refractivity contribution in [2.24, 2.45) is 0 Å². The summed E-state index contributed by atoms with van der Waals surface area (Å²) in [6, 6.07) is 0. The third-order valence-electron chi connectivity index (χ3n) is 2.20. The minimum atomic E-state index is -1.06. The third-order valence-corrected chi connectivity index (χ3v) is 4.60. The molecule has 2 N–H and O–H groups in total. The van der Waals surface area contributed by atoms with E-state index < -0.39 is 9.02 Å². The number of ether oxygens (including phenoxy) is 4. The molecule has 8 heteroatoms. The smallest absolute Gasteiger partial charge is 0.206 e. The van der Waals surface area contributed by atoms with Gasteiger partial charge in [0.1, 0.15) is 5.60 Å². The van der Waals surface area contributed by atoms with Gasteiger partial charge in [0.2, 0.25) is 3.42 Å². The molecule has 0 fully saturated rings. The Morgan fingerprint density at radius 2 is 1.20 bits per heavy atom. The van der Waals surface area contributed by atoms with E-state index in [4.69, 9.17) is 24.1 Å². The average Bonchev–Trinajstić information content (AvgIpc) is 2.34. The van der Waals surface area contributed by atoms with Gasteiger partial charge in [-0.1, -0.05) is 0 Å². The monoisotopic (exact) mass is 422 g/mol. The molecule has 0 heterocycles. The van der Waals surface area contributed by atoms with E-state index in [1.807, 2.05) is 0 Å². The molecule has 0 rings (SSSR count). The zero-order valence-corrected chi connectivity index (χ0v) is 15.1.